The maximum Gasteiger partial charge on any atom is 0.203 e. The first-order chi connectivity index (χ1) is 7.93. The maximum absolute atomic E-state index is 5.92. The topological polar surface area (TPSA) is 30.5 Å². The minimum atomic E-state index is -0.0444. The van der Waals surface area contributed by atoms with Gasteiger partial charge in [0.05, 0.1) is 6.61 Å². The molecule has 0 aliphatic carbocycles. The summed E-state index contributed by atoms with van der Waals surface area (Å²) in [6, 6.07) is 8.14. The molecule has 1 aromatic carbocycles. The van der Waals surface area contributed by atoms with Crippen LogP contribution in [0.2, 0.25) is 0 Å². The molecule has 2 heterocycles. The molecule has 1 aromatic rings. The van der Waals surface area contributed by atoms with E-state index in [1.807, 2.05) is 18.2 Å². The Morgan fingerprint density at radius 1 is 1.12 bits per heavy atom. The zero-order chi connectivity index (χ0) is 10.8. The number of hydrogen-bond donors (Lipinski definition) is 1. The standard InChI is InChI=1S/C13H17NO2/c1-2-4-12-11(3-1)9-15-13(16-12)10-5-7-14-8-6-10/h1-4,10,13-14H,5-9H2. The highest BCUT2D eigenvalue weighted by molar-refractivity contribution is 5.33. The molecule has 0 saturated carbocycles. The van der Waals surface area contributed by atoms with Gasteiger partial charge in [-0.3, -0.25) is 0 Å². The minimum Gasteiger partial charge on any atom is -0.464 e. The summed E-state index contributed by atoms with van der Waals surface area (Å²) < 4.78 is 11.7. The average molecular weight is 219 g/mol. The van der Waals surface area contributed by atoms with Gasteiger partial charge in [0, 0.05) is 11.5 Å². The van der Waals surface area contributed by atoms with E-state index in [2.05, 4.69) is 11.4 Å². The predicted molar refractivity (Wildman–Crippen MR) is 61.2 cm³/mol. The lowest BCUT2D eigenvalue weighted by atomic mass is 9.97. The monoisotopic (exact) mass is 219 g/mol. The molecule has 1 unspecified atom stereocenters. The van der Waals surface area contributed by atoms with Crippen LogP contribution in [0.5, 0.6) is 5.75 Å². The molecule has 0 aromatic heterocycles. The van der Waals surface area contributed by atoms with Gasteiger partial charge in [0.15, 0.2) is 0 Å². The number of nitrogens with one attached hydrogen (secondary N) is 1. The molecule has 1 N–H and O–H groups in total. The lowest BCUT2D eigenvalue weighted by Gasteiger charge is -2.34. The molecule has 0 amide bonds. The van der Waals surface area contributed by atoms with Crippen LogP contribution in [-0.2, 0) is 11.3 Å². The summed E-state index contributed by atoms with van der Waals surface area (Å²) >= 11 is 0. The van der Waals surface area contributed by atoms with Crippen LogP contribution < -0.4 is 10.1 Å². The number of para-hydroxylation sites is 1. The Bertz CT molecular complexity index is 361. The van der Waals surface area contributed by atoms with E-state index in [-0.39, 0.29) is 6.29 Å². The van der Waals surface area contributed by atoms with Crippen molar-refractivity contribution < 1.29 is 9.47 Å². The van der Waals surface area contributed by atoms with Crippen LogP contribution in [0.15, 0.2) is 24.3 Å². The van der Waals surface area contributed by atoms with Crippen molar-refractivity contribution in [1.82, 2.24) is 5.32 Å². The normalized spacial score (nSPS) is 25.9. The minimum absolute atomic E-state index is 0.0444. The van der Waals surface area contributed by atoms with E-state index in [1.165, 1.54) is 0 Å². The van der Waals surface area contributed by atoms with Crippen molar-refractivity contribution in [2.24, 2.45) is 5.92 Å². The molecule has 2 aliphatic rings. The predicted octanol–water partition coefficient (Wildman–Crippen LogP) is 1.92. The molecule has 16 heavy (non-hydrogen) atoms. The van der Waals surface area contributed by atoms with E-state index >= 15 is 0 Å². The third kappa shape index (κ3) is 1.93. The second-order valence-corrected chi connectivity index (χ2v) is 4.49. The molecule has 3 nitrogen and oxygen atoms in total. The summed E-state index contributed by atoms with van der Waals surface area (Å²) in [6.07, 6.45) is 2.25. The summed E-state index contributed by atoms with van der Waals surface area (Å²) in [6.45, 7) is 2.84. The Balaban J connectivity index is 1.72. The van der Waals surface area contributed by atoms with Gasteiger partial charge in [-0.25, -0.2) is 0 Å². The van der Waals surface area contributed by atoms with E-state index in [1.54, 1.807) is 0 Å². The van der Waals surface area contributed by atoms with Crippen LogP contribution in [0.1, 0.15) is 18.4 Å². The van der Waals surface area contributed by atoms with Gasteiger partial charge in [0.2, 0.25) is 6.29 Å². The number of hydrogen-bond acceptors (Lipinski definition) is 3. The summed E-state index contributed by atoms with van der Waals surface area (Å²) in [7, 11) is 0. The van der Waals surface area contributed by atoms with Crippen molar-refractivity contribution >= 4 is 0 Å². The Hall–Kier alpha value is -1.06. The van der Waals surface area contributed by atoms with E-state index in [4.69, 9.17) is 9.47 Å². The van der Waals surface area contributed by atoms with E-state index in [0.29, 0.717) is 12.5 Å². The highest BCUT2D eigenvalue weighted by Gasteiger charge is 2.29. The van der Waals surface area contributed by atoms with Gasteiger partial charge < -0.3 is 14.8 Å². The van der Waals surface area contributed by atoms with Crippen molar-refractivity contribution in [2.75, 3.05) is 13.1 Å². The van der Waals surface area contributed by atoms with Crippen LogP contribution in [0, 0.1) is 5.92 Å². The third-order valence-corrected chi connectivity index (χ3v) is 3.39. The van der Waals surface area contributed by atoms with Gasteiger partial charge >= 0.3 is 0 Å². The van der Waals surface area contributed by atoms with Gasteiger partial charge in [-0.1, -0.05) is 18.2 Å². The lowest BCUT2D eigenvalue weighted by Crippen LogP contribution is -2.39. The Morgan fingerprint density at radius 2 is 1.94 bits per heavy atom. The van der Waals surface area contributed by atoms with Crippen LogP contribution in [0.4, 0.5) is 0 Å². The zero-order valence-corrected chi connectivity index (χ0v) is 9.32. The van der Waals surface area contributed by atoms with Crippen molar-refractivity contribution in [3.05, 3.63) is 29.8 Å². The van der Waals surface area contributed by atoms with E-state index in [0.717, 1.165) is 37.2 Å². The van der Waals surface area contributed by atoms with Crippen molar-refractivity contribution in [3.63, 3.8) is 0 Å². The number of rotatable bonds is 1. The quantitative estimate of drug-likeness (QED) is 0.782. The Morgan fingerprint density at radius 3 is 2.81 bits per heavy atom. The second kappa shape index (κ2) is 4.44. The third-order valence-electron chi connectivity index (χ3n) is 3.39. The number of piperidine rings is 1. The molecular weight excluding hydrogens is 202 g/mol. The highest BCUT2D eigenvalue weighted by Crippen LogP contribution is 2.30. The van der Waals surface area contributed by atoms with Crippen molar-refractivity contribution in [3.8, 4) is 5.75 Å². The van der Waals surface area contributed by atoms with Crippen LogP contribution >= 0.6 is 0 Å². The van der Waals surface area contributed by atoms with Gasteiger partial charge in [-0.15, -0.1) is 0 Å². The van der Waals surface area contributed by atoms with E-state index in [9.17, 15) is 0 Å². The van der Waals surface area contributed by atoms with Crippen LogP contribution in [0.25, 0.3) is 0 Å². The van der Waals surface area contributed by atoms with E-state index < -0.39 is 0 Å². The Labute approximate surface area is 95.8 Å². The molecule has 0 radical (unpaired) electrons. The maximum atomic E-state index is 5.92. The summed E-state index contributed by atoms with van der Waals surface area (Å²) in [5, 5.41) is 3.36. The first kappa shape index (κ1) is 10.1. The SMILES string of the molecule is c1ccc2c(c1)COC(C1CCNCC1)O2. The molecular formula is C13H17NO2. The fraction of sp³-hybridized carbons (Fsp3) is 0.538. The fourth-order valence-electron chi connectivity index (χ4n) is 2.42. The molecule has 0 bridgehead atoms. The number of benzene rings is 1. The zero-order valence-electron chi connectivity index (χ0n) is 9.32. The first-order valence-electron chi connectivity index (χ1n) is 6.00. The van der Waals surface area contributed by atoms with Gasteiger partial charge in [-0.05, 0) is 32.0 Å². The molecule has 3 rings (SSSR count). The van der Waals surface area contributed by atoms with Crippen molar-refractivity contribution in [1.29, 1.82) is 0 Å². The van der Waals surface area contributed by atoms with Crippen molar-refractivity contribution in [2.45, 2.75) is 25.7 Å². The van der Waals surface area contributed by atoms with Gasteiger partial charge in [0.25, 0.3) is 0 Å². The van der Waals surface area contributed by atoms with Gasteiger partial charge in [0.1, 0.15) is 5.75 Å². The molecule has 1 fully saturated rings. The highest BCUT2D eigenvalue weighted by atomic mass is 16.7. The Kier molecular flexibility index (Phi) is 2.80. The lowest BCUT2D eigenvalue weighted by molar-refractivity contribution is -0.145. The fourth-order valence-corrected chi connectivity index (χ4v) is 2.42. The summed E-state index contributed by atoms with van der Waals surface area (Å²) in [5.74, 6) is 1.53. The number of ether oxygens (including phenoxy) is 2. The smallest absolute Gasteiger partial charge is 0.203 e. The molecule has 3 heteroatoms. The summed E-state index contributed by atoms with van der Waals surface area (Å²) in [4.78, 5) is 0. The molecule has 2 aliphatic heterocycles. The first-order valence-corrected chi connectivity index (χ1v) is 6.00. The molecule has 1 saturated heterocycles. The summed E-state index contributed by atoms with van der Waals surface area (Å²) in [5.41, 5.74) is 1.16. The van der Waals surface area contributed by atoms with Crippen LogP contribution in [0.3, 0.4) is 0 Å². The number of fused-ring (bicyclic) bond motifs is 1. The molecule has 1 atom stereocenters. The van der Waals surface area contributed by atoms with Crippen LogP contribution in [-0.4, -0.2) is 19.4 Å². The largest absolute Gasteiger partial charge is 0.464 e. The molecule has 0 spiro atoms. The van der Waals surface area contributed by atoms with Gasteiger partial charge in [-0.2, -0.15) is 0 Å². The average Bonchev–Trinajstić information content (AvgIpc) is 2.39. The second-order valence-electron chi connectivity index (χ2n) is 4.49. The molecule has 86 valence electrons.